The van der Waals surface area contributed by atoms with Crippen molar-refractivity contribution in [2.24, 2.45) is 0 Å². The first-order valence-corrected chi connectivity index (χ1v) is 9.96. The second-order valence-corrected chi connectivity index (χ2v) is 7.19. The maximum atomic E-state index is 11.8. The Labute approximate surface area is 169 Å². The minimum atomic E-state index is -0.138. The lowest BCUT2D eigenvalue weighted by molar-refractivity contribution is -0.154. The number of likely N-dealkylation sites (tertiary alicyclic amines) is 1. The summed E-state index contributed by atoms with van der Waals surface area (Å²) in [6.45, 7) is 5.98. The molecule has 0 radical (unpaired) electrons. The second-order valence-electron chi connectivity index (χ2n) is 7.19. The van der Waals surface area contributed by atoms with Gasteiger partial charge < -0.3 is 24.7 Å². The standard InChI is InChI=1S/C21H25N5O3/c1-2-18(27)26-9-8-16(13-26)25-21-17-12-15(24-20(17)22-14-23-21)6-5-11-29-19-7-3-4-10-28-19/h2,12,14,16,19H,1,3-4,7-11,13H2,(H2,22,23,24,25)/t16-,19?/m1/s1. The van der Waals surface area contributed by atoms with E-state index in [1.165, 1.54) is 12.4 Å². The van der Waals surface area contributed by atoms with Crippen molar-refractivity contribution >= 4 is 22.8 Å². The Morgan fingerprint density at radius 1 is 1.45 bits per heavy atom. The fraction of sp³-hybridized carbons (Fsp3) is 0.476. The molecular formula is C21H25N5O3. The largest absolute Gasteiger partial charge is 0.365 e. The topological polar surface area (TPSA) is 92.4 Å². The van der Waals surface area contributed by atoms with Crippen LogP contribution in [0.1, 0.15) is 31.4 Å². The summed E-state index contributed by atoms with van der Waals surface area (Å²) in [6, 6.07) is 2.08. The van der Waals surface area contributed by atoms with Crippen LogP contribution in [0, 0.1) is 11.8 Å². The van der Waals surface area contributed by atoms with Crippen molar-refractivity contribution in [1.29, 1.82) is 0 Å². The van der Waals surface area contributed by atoms with Crippen LogP contribution in [0.15, 0.2) is 25.0 Å². The number of H-pyrrole nitrogens is 1. The molecule has 2 N–H and O–H groups in total. The van der Waals surface area contributed by atoms with Crippen LogP contribution in [0.5, 0.6) is 0 Å². The molecule has 0 bridgehead atoms. The van der Waals surface area contributed by atoms with Gasteiger partial charge in [-0.15, -0.1) is 0 Å². The average molecular weight is 395 g/mol. The van der Waals surface area contributed by atoms with Gasteiger partial charge in [-0.2, -0.15) is 0 Å². The summed E-state index contributed by atoms with van der Waals surface area (Å²) in [5.74, 6) is 6.80. The van der Waals surface area contributed by atoms with Gasteiger partial charge in [0.15, 0.2) is 6.29 Å². The van der Waals surface area contributed by atoms with Crippen molar-refractivity contribution in [2.75, 3.05) is 31.6 Å². The predicted molar refractivity (Wildman–Crippen MR) is 109 cm³/mol. The zero-order chi connectivity index (χ0) is 20.1. The minimum absolute atomic E-state index is 0.0396. The van der Waals surface area contributed by atoms with Crippen LogP contribution in [0.25, 0.3) is 11.0 Å². The molecule has 8 heteroatoms. The van der Waals surface area contributed by atoms with Crippen LogP contribution in [0.4, 0.5) is 5.82 Å². The van der Waals surface area contributed by atoms with Crippen molar-refractivity contribution in [3.8, 4) is 11.8 Å². The van der Waals surface area contributed by atoms with E-state index in [-0.39, 0.29) is 18.2 Å². The molecule has 2 aliphatic heterocycles. The number of hydrogen-bond acceptors (Lipinski definition) is 6. The summed E-state index contributed by atoms with van der Waals surface area (Å²) in [4.78, 5) is 25.4. The molecule has 2 aliphatic rings. The van der Waals surface area contributed by atoms with E-state index in [4.69, 9.17) is 9.47 Å². The first-order valence-electron chi connectivity index (χ1n) is 9.96. The van der Waals surface area contributed by atoms with Gasteiger partial charge in [-0.1, -0.05) is 12.5 Å². The van der Waals surface area contributed by atoms with E-state index >= 15 is 0 Å². The smallest absolute Gasteiger partial charge is 0.246 e. The Morgan fingerprint density at radius 3 is 3.21 bits per heavy atom. The molecule has 4 rings (SSSR count). The van der Waals surface area contributed by atoms with Crippen LogP contribution in [-0.4, -0.2) is 64.4 Å². The number of ether oxygens (including phenoxy) is 2. The van der Waals surface area contributed by atoms with Gasteiger partial charge in [-0.25, -0.2) is 9.97 Å². The monoisotopic (exact) mass is 395 g/mol. The molecule has 2 saturated heterocycles. The second kappa shape index (κ2) is 9.07. The fourth-order valence-electron chi connectivity index (χ4n) is 3.63. The van der Waals surface area contributed by atoms with Gasteiger partial charge >= 0.3 is 0 Å². The van der Waals surface area contributed by atoms with Crippen LogP contribution in [-0.2, 0) is 14.3 Å². The van der Waals surface area contributed by atoms with E-state index in [9.17, 15) is 4.79 Å². The number of carbonyl (C=O) groups excluding carboxylic acids is 1. The highest BCUT2D eigenvalue weighted by molar-refractivity contribution is 5.89. The number of anilines is 1. The summed E-state index contributed by atoms with van der Waals surface area (Å²) in [5, 5.41) is 4.30. The zero-order valence-electron chi connectivity index (χ0n) is 16.3. The Hall–Kier alpha value is -2.89. The SMILES string of the molecule is C=CC(=O)N1CC[C@@H](Nc2ncnc3[nH]c(C#CCOC4CCCCO4)cc23)C1. The maximum Gasteiger partial charge on any atom is 0.246 e. The lowest BCUT2D eigenvalue weighted by Crippen LogP contribution is -2.30. The third-order valence-corrected chi connectivity index (χ3v) is 5.14. The molecule has 2 atom stereocenters. The summed E-state index contributed by atoms with van der Waals surface area (Å²) >= 11 is 0. The van der Waals surface area contributed by atoms with Gasteiger partial charge in [0.2, 0.25) is 5.91 Å². The molecule has 2 fully saturated rings. The van der Waals surface area contributed by atoms with Crippen molar-refractivity contribution in [3.63, 3.8) is 0 Å². The number of rotatable bonds is 5. The lowest BCUT2D eigenvalue weighted by atomic mass is 10.2. The van der Waals surface area contributed by atoms with E-state index < -0.39 is 0 Å². The van der Waals surface area contributed by atoms with Gasteiger partial charge in [0.05, 0.1) is 11.1 Å². The molecular weight excluding hydrogens is 370 g/mol. The van der Waals surface area contributed by atoms with Crippen molar-refractivity contribution in [1.82, 2.24) is 19.9 Å². The molecule has 1 amide bonds. The average Bonchev–Trinajstić information content (AvgIpc) is 3.39. The normalized spacial score (nSPS) is 21.6. The molecule has 0 saturated carbocycles. The number of carbonyl (C=O) groups is 1. The number of nitrogens with one attached hydrogen (secondary N) is 2. The van der Waals surface area contributed by atoms with Crippen LogP contribution in [0.3, 0.4) is 0 Å². The first-order chi connectivity index (χ1) is 14.2. The highest BCUT2D eigenvalue weighted by atomic mass is 16.7. The first kappa shape index (κ1) is 19.4. The molecule has 2 aromatic heterocycles. The predicted octanol–water partition coefficient (Wildman–Crippen LogP) is 2.05. The lowest BCUT2D eigenvalue weighted by Gasteiger charge is -2.21. The third-order valence-electron chi connectivity index (χ3n) is 5.14. The molecule has 1 unspecified atom stereocenters. The van der Waals surface area contributed by atoms with Gasteiger partial charge in [0.25, 0.3) is 0 Å². The number of amides is 1. The Bertz CT molecular complexity index is 939. The number of fused-ring (bicyclic) bond motifs is 1. The molecule has 0 spiro atoms. The maximum absolute atomic E-state index is 11.8. The molecule has 0 aliphatic carbocycles. The summed E-state index contributed by atoms with van der Waals surface area (Å²) < 4.78 is 11.2. The van der Waals surface area contributed by atoms with Crippen LogP contribution >= 0.6 is 0 Å². The van der Waals surface area contributed by atoms with Crippen molar-refractivity contribution in [2.45, 2.75) is 38.0 Å². The summed E-state index contributed by atoms with van der Waals surface area (Å²) in [6.07, 6.45) is 6.76. The Balaban J connectivity index is 1.39. The Morgan fingerprint density at radius 2 is 2.38 bits per heavy atom. The number of hydrogen-bond donors (Lipinski definition) is 2. The molecule has 29 heavy (non-hydrogen) atoms. The number of nitrogens with zero attached hydrogens (tertiary/aromatic N) is 3. The van der Waals surface area contributed by atoms with Crippen molar-refractivity contribution in [3.05, 3.63) is 30.7 Å². The molecule has 0 aromatic carbocycles. The minimum Gasteiger partial charge on any atom is -0.365 e. The van der Waals surface area contributed by atoms with E-state index in [1.807, 2.05) is 6.07 Å². The Kier molecular flexibility index (Phi) is 6.08. The van der Waals surface area contributed by atoms with Crippen molar-refractivity contribution < 1.29 is 14.3 Å². The summed E-state index contributed by atoms with van der Waals surface area (Å²) in [7, 11) is 0. The highest BCUT2D eigenvalue weighted by Crippen LogP contribution is 2.23. The quantitative estimate of drug-likeness (QED) is 0.595. The fourth-order valence-corrected chi connectivity index (χ4v) is 3.63. The zero-order valence-corrected chi connectivity index (χ0v) is 16.3. The van der Waals surface area contributed by atoms with E-state index in [2.05, 4.69) is 38.7 Å². The van der Waals surface area contributed by atoms with Gasteiger partial charge in [0.1, 0.15) is 24.4 Å². The van der Waals surface area contributed by atoms with E-state index in [1.54, 1.807) is 4.90 Å². The van der Waals surface area contributed by atoms with E-state index in [0.717, 1.165) is 54.8 Å². The molecule has 2 aromatic rings. The third kappa shape index (κ3) is 4.75. The molecule has 152 valence electrons. The van der Waals surface area contributed by atoms with Gasteiger partial charge in [-0.3, -0.25) is 4.79 Å². The highest BCUT2D eigenvalue weighted by Gasteiger charge is 2.25. The molecule has 8 nitrogen and oxygen atoms in total. The van der Waals surface area contributed by atoms with Crippen LogP contribution in [0.2, 0.25) is 0 Å². The van der Waals surface area contributed by atoms with Gasteiger partial charge in [-0.05, 0) is 43.7 Å². The van der Waals surface area contributed by atoms with Gasteiger partial charge in [0, 0.05) is 25.7 Å². The summed E-state index contributed by atoms with van der Waals surface area (Å²) in [5.41, 5.74) is 1.48. The number of aromatic amines is 1. The van der Waals surface area contributed by atoms with Crippen LogP contribution < -0.4 is 5.32 Å². The van der Waals surface area contributed by atoms with E-state index in [0.29, 0.717) is 19.7 Å². The number of aromatic nitrogens is 3. The molecule has 4 heterocycles.